The van der Waals surface area contributed by atoms with Crippen LogP contribution in [0.1, 0.15) is 40.2 Å². The minimum atomic E-state index is -4.27. The SMILES string of the molecule is CC(C)ON(C[C@@H](O)[C@H](Cc1ccccc1)NC(=O)OC(C)(C)C)S(=O)(=O)c1ccc2[nH]c(=O)[nH]c2c1. The van der Waals surface area contributed by atoms with E-state index in [0.717, 1.165) is 5.56 Å². The van der Waals surface area contributed by atoms with Crippen LogP contribution in [-0.2, 0) is 26.0 Å². The number of aliphatic hydroxyl groups excluding tert-OH is 1. The number of alkyl carbamates (subject to hydrolysis) is 1. The van der Waals surface area contributed by atoms with E-state index in [1.54, 1.807) is 34.6 Å². The Hall–Kier alpha value is -3.19. The standard InChI is InChI=1S/C25H34N4O7S/c1-16(2)36-29(37(33,34)18-11-12-19-20(14-18)27-23(31)26-19)15-22(30)21(13-17-9-7-6-8-10-17)28-24(32)35-25(3,4)5/h6-12,14,16,21-22,30H,13,15H2,1-5H3,(H,28,32)(H2,26,27,31)/t21-,22+/m0/s1. The Kier molecular flexibility index (Phi) is 8.80. The third-order valence-electron chi connectivity index (χ3n) is 5.18. The molecule has 0 saturated carbocycles. The minimum absolute atomic E-state index is 0.136. The van der Waals surface area contributed by atoms with Crippen LogP contribution in [-0.4, -0.2) is 64.4 Å². The number of fused-ring (bicyclic) bond motifs is 1. The van der Waals surface area contributed by atoms with Gasteiger partial charge in [0.15, 0.2) is 0 Å². The molecule has 0 aliphatic heterocycles. The maximum absolute atomic E-state index is 13.5. The van der Waals surface area contributed by atoms with E-state index in [2.05, 4.69) is 15.3 Å². The van der Waals surface area contributed by atoms with E-state index in [1.165, 1.54) is 18.2 Å². The number of H-pyrrole nitrogens is 2. The summed E-state index contributed by atoms with van der Waals surface area (Å²) >= 11 is 0. The molecule has 1 aromatic heterocycles. The van der Waals surface area contributed by atoms with Crippen LogP contribution in [0.4, 0.5) is 4.79 Å². The van der Waals surface area contributed by atoms with Crippen LogP contribution < -0.4 is 11.0 Å². The quantitative estimate of drug-likeness (QED) is 0.292. The Balaban J connectivity index is 1.89. The molecule has 2 aromatic carbocycles. The fourth-order valence-electron chi connectivity index (χ4n) is 3.61. The third-order valence-corrected chi connectivity index (χ3v) is 6.80. The summed E-state index contributed by atoms with van der Waals surface area (Å²) in [5.41, 5.74) is 0.352. The number of imidazole rings is 1. The van der Waals surface area contributed by atoms with Crippen LogP contribution in [0.2, 0.25) is 0 Å². The second-order valence-corrected chi connectivity index (χ2v) is 11.8. The molecule has 3 rings (SSSR count). The number of hydroxylamine groups is 1. The lowest BCUT2D eigenvalue weighted by molar-refractivity contribution is -0.136. The number of carbonyl (C=O) groups is 1. The Morgan fingerprint density at radius 2 is 1.73 bits per heavy atom. The number of ether oxygens (including phenoxy) is 1. The van der Waals surface area contributed by atoms with Crippen molar-refractivity contribution in [2.45, 2.75) is 69.8 Å². The molecule has 2 atom stereocenters. The number of aromatic amines is 2. The van der Waals surface area contributed by atoms with Crippen molar-refractivity contribution < 1.29 is 27.9 Å². The van der Waals surface area contributed by atoms with E-state index < -0.39 is 52.2 Å². The van der Waals surface area contributed by atoms with Crippen molar-refractivity contribution in [1.29, 1.82) is 0 Å². The molecule has 37 heavy (non-hydrogen) atoms. The summed E-state index contributed by atoms with van der Waals surface area (Å²) in [5.74, 6) is 0. The number of benzene rings is 2. The van der Waals surface area contributed by atoms with Crippen LogP contribution in [0.3, 0.4) is 0 Å². The molecule has 1 heterocycles. The van der Waals surface area contributed by atoms with E-state index in [0.29, 0.717) is 15.5 Å². The summed E-state index contributed by atoms with van der Waals surface area (Å²) in [5, 5.41) is 13.8. The van der Waals surface area contributed by atoms with E-state index in [9.17, 15) is 23.1 Å². The van der Waals surface area contributed by atoms with Crippen LogP contribution in [0.15, 0.2) is 58.2 Å². The van der Waals surface area contributed by atoms with Gasteiger partial charge >= 0.3 is 11.8 Å². The number of hydrogen-bond acceptors (Lipinski definition) is 7. The first-order valence-corrected chi connectivity index (χ1v) is 13.3. The van der Waals surface area contributed by atoms with E-state index in [1.807, 2.05) is 30.3 Å². The maximum Gasteiger partial charge on any atom is 0.407 e. The molecule has 0 aliphatic rings. The second-order valence-electron chi connectivity index (χ2n) is 9.94. The van der Waals surface area contributed by atoms with Crippen LogP contribution >= 0.6 is 0 Å². The third kappa shape index (κ3) is 7.89. The lowest BCUT2D eigenvalue weighted by Crippen LogP contribution is -2.51. The number of sulfonamides is 1. The highest BCUT2D eigenvalue weighted by Crippen LogP contribution is 2.22. The van der Waals surface area contributed by atoms with Gasteiger partial charge in [0.25, 0.3) is 10.0 Å². The molecule has 12 heteroatoms. The molecule has 3 aromatic rings. The summed E-state index contributed by atoms with van der Waals surface area (Å²) in [6, 6.07) is 12.4. The van der Waals surface area contributed by atoms with Gasteiger partial charge in [-0.05, 0) is 64.8 Å². The summed E-state index contributed by atoms with van der Waals surface area (Å²) in [7, 11) is -4.27. The minimum Gasteiger partial charge on any atom is -0.444 e. The average molecular weight is 535 g/mol. The molecular formula is C25H34N4O7S. The molecule has 202 valence electrons. The molecule has 4 N–H and O–H groups in total. The Labute approximate surface area is 215 Å². The molecule has 0 unspecified atom stereocenters. The van der Waals surface area contributed by atoms with Gasteiger partial charge in [-0.1, -0.05) is 34.8 Å². The lowest BCUT2D eigenvalue weighted by Gasteiger charge is -2.30. The molecule has 0 aliphatic carbocycles. The summed E-state index contributed by atoms with van der Waals surface area (Å²) in [4.78, 5) is 34.7. The average Bonchev–Trinajstić information content (AvgIpc) is 3.16. The van der Waals surface area contributed by atoms with Crippen LogP contribution in [0.5, 0.6) is 0 Å². The molecule has 11 nitrogen and oxygen atoms in total. The van der Waals surface area contributed by atoms with Crippen molar-refractivity contribution in [2.24, 2.45) is 0 Å². The van der Waals surface area contributed by atoms with Gasteiger partial charge in [0.05, 0.1) is 40.7 Å². The van der Waals surface area contributed by atoms with Gasteiger partial charge in [0, 0.05) is 0 Å². The Bertz CT molecular complexity index is 1360. The molecule has 0 radical (unpaired) electrons. The molecule has 0 fully saturated rings. The number of hydrogen-bond donors (Lipinski definition) is 4. The van der Waals surface area contributed by atoms with E-state index in [4.69, 9.17) is 9.57 Å². The molecule has 0 bridgehead atoms. The van der Waals surface area contributed by atoms with E-state index in [-0.39, 0.29) is 11.3 Å². The zero-order valence-electron chi connectivity index (χ0n) is 21.5. The molecular weight excluding hydrogens is 500 g/mol. The Morgan fingerprint density at radius 1 is 1.08 bits per heavy atom. The summed E-state index contributed by atoms with van der Waals surface area (Å²) in [6.07, 6.45) is -2.43. The fraction of sp³-hybridized carbons (Fsp3) is 0.440. The number of amides is 1. The number of aliphatic hydroxyl groups is 1. The van der Waals surface area contributed by atoms with Crippen LogP contribution in [0, 0.1) is 0 Å². The molecule has 0 saturated heterocycles. The highest BCUT2D eigenvalue weighted by atomic mass is 32.2. The molecule has 1 amide bonds. The van der Waals surface area contributed by atoms with Gasteiger partial charge < -0.3 is 25.1 Å². The first-order chi connectivity index (χ1) is 17.2. The first-order valence-electron chi connectivity index (χ1n) is 11.9. The monoisotopic (exact) mass is 534 g/mol. The van der Waals surface area contributed by atoms with Crippen molar-refractivity contribution in [3.63, 3.8) is 0 Å². The van der Waals surface area contributed by atoms with Crippen LogP contribution in [0.25, 0.3) is 11.0 Å². The fourth-order valence-corrected chi connectivity index (χ4v) is 4.99. The zero-order valence-corrected chi connectivity index (χ0v) is 22.3. The second kappa shape index (κ2) is 11.5. The van der Waals surface area contributed by atoms with Gasteiger partial charge in [-0.2, -0.15) is 0 Å². The van der Waals surface area contributed by atoms with Gasteiger partial charge in [0.2, 0.25) is 0 Å². The summed E-state index contributed by atoms with van der Waals surface area (Å²) < 4.78 is 33.1. The van der Waals surface area contributed by atoms with Gasteiger partial charge in [-0.15, -0.1) is 0 Å². The topological polar surface area (TPSA) is 154 Å². The normalized spacial score (nSPS) is 14.2. The van der Waals surface area contributed by atoms with Crippen molar-refractivity contribution >= 4 is 27.1 Å². The smallest absolute Gasteiger partial charge is 0.407 e. The maximum atomic E-state index is 13.5. The first kappa shape index (κ1) is 28.4. The molecule has 0 spiro atoms. The highest BCUT2D eigenvalue weighted by molar-refractivity contribution is 7.89. The highest BCUT2D eigenvalue weighted by Gasteiger charge is 2.33. The van der Waals surface area contributed by atoms with Crippen molar-refractivity contribution in [3.8, 4) is 0 Å². The number of nitrogens with one attached hydrogen (secondary N) is 3. The van der Waals surface area contributed by atoms with Gasteiger partial charge in [0.1, 0.15) is 5.60 Å². The predicted octanol–water partition coefficient (Wildman–Crippen LogP) is 2.68. The van der Waals surface area contributed by atoms with Gasteiger partial charge in [-0.3, -0.25) is 4.84 Å². The number of aromatic nitrogens is 2. The number of carbonyl (C=O) groups excluding carboxylic acids is 1. The number of rotatable bonds is 10. The largest absolute Gasteiger partial charge is 0.444 e. The zero-order chi connectivity index (χ0) is 27.4. The van der Waals surface area contributed by atoms with Gasteiger partial charge in [-0.25, -0.2) is 18.0 Å². The van der Waals surface area contributed by atoms with Crippen molar-refractivity contribution in [3.05, 3.63) is 64.6 Å². The Morgan fingerprint density at radius 3 is 2.35 bits per heavy atom. The predicted molar refractivity (Wildman–Crippen MR) is 138 cm³/mol. The van der Waals surface area contributed by atoms with E-state index >= 15 is 0 Å². The lowest BCUT2D eigenvalue weighted by atomic mass is 10.0. The van der Waals surface area contributed by atoms with Crippen molar-refractivity contribution in [1.82, 2.24) is 19.8 Å². The van der Waals surface area contributed by atoms with Crippen molar-refractivity contribution in [2.75, 3.05) is 6.54 Å². The summed E-state index contributed by atoms with van der Waals surface area (Å²) in [6.45, 7) is 7.98. The number of nitrogens with zero attached hydrogens (tertiary/aromatic N) is 1.